The summed E-state index contributed by atoms with van der Waals surface area (Å²) < 4.78 is 0. The number of anilines is 5. The number of aryl methyl sites for hydroxylation is 1. The molecule has 1 heterocycles. The second kappa shape index (κ2) is 15.9. The molecule has 0 saturated heterocycles. The number of fused-ring (bicyclic) bond motifs is 7. The van der Waals surface area contributed by atoms with Gasteiger partial charge in [-0.15, -0.1) is 0 Å². The largest absolute Gasteiger partial charge is 0.354 e. The van der Waals surface area contributed by atoms with Gasteiger partial charge in [0.1, 0.15) is 7.85 Å². The number of nitrogens with one attached hydrogen (secondary N) is 1. The first kappa shape index (κ1) is 42.8. The summed E-state index contributed by atoms with van der Waals surface area (Å²) in [6.07, 6.45) is 8.96. The van der Waals surface area contributed by atoms with Crippen LogP contribution >= 0.6 is 0 Å². The van der Waals surface area contributed by atoms with Crippen LogP contribution in [0.2, 0.25) is 0 Å². The van der Waals surface area contributed by atoms with Crippen LogP contribution in [0.15, 0.2) is 163 Å². The lowest BCUT2D eigenvalue weighted by molar-refractivity contribution is 0.332. The second-order valence-electron chi connectivity index (χ2n) is 21.2. The molecule has 1 N–H and O–H groups in total. The normalized spacial score (nSPS) is 16.2. The van der Waals surface area contributed by atoms with Gasteiger partial charge < -0.3 is 14.8 Å². The lowest BCUT2D eigenvalue weighted by atomic mass is 9.63. The average Bonchev–Trinajstić information content (AvgIpc) is 3.94. The van der Waals surface area contributed by atoms with Gasteiger partial charge in [0.15, 0.2) is 0 Å². The highest BCUT2D eigenvalue weighted by molar-refractivity contribution is 6.12. The number of benzene rings is 7. The molecule has 0 aliphatic heterocycles. The summed E-state index contributed by atoms with van der Waals surface area (Å²) in [7, 11) is 2.33. The van der Waals surface area contributed by atoms with Crippen molar-refractivity contribution in [2.24, 2.45) is 0 Å². The van der Waals surface area contributed by atoms with Crippen molar-refractivity contribution in [1.29, 1.82) is 0 Å². The van der Waals surface area contributed by atoms with Gasteiger partial charge in [-0.3, -0.25) is 0 Å². The van der Waals surface area contributed by atoms with E-state index in [1.165, 1.54) is 113 Å². The van der Waals surface area contributed by atoms with Crippen molar-refractivity contribution in [3.8, 4) is 22.4 Å². The van der Waals surface area contributed by atoms with Crippen LogP contribution in [0.5, 0.6) is 0 Å². The SMILES string of the molecule is BCN(c1cc2c(cc1C)C(C)(C)CCC2(C)C)c1cc(N(c2ccccc2)c2ccccc2)cc(-c2cccc3c4c([nH]c23)-c2ccccc2C4)c1/C=C\C1=C(C)C(C)(C)c2ccccc21. The van der Waals surface area contributed by atoms with Crippen molar-refractivity contribution >= 4 is 58.8 Å². The molecule has 7 aromatic carbocycles. The molecule has 0 atom stereocenters. The average molecular weight is 872 g/mol. The van der Waals surface area contributed by atoms with Crippen molar-refractivity contribution < 1.29 is 0 Å². The minimum absolute atomic E-state index is 0.0643. The minimum Gasteiger partial charge on any atom is -0.354 e. The van der Waals surface area contributed by atoms with Crippen molar-refractivity contribution in [2.75, 3.05) is 16.2 Å². The summed E-state index contributed by atoms with van der Waals surface area (Å²) in [5, 5.41) is 1.29. The third-order valence-corrected chi connectivity index (χ3v) is 16.0. The fraction of sp³-hybridized carbons (Fsp3) is 0.238. The van der Waals surface area contributed by atoms with Gasteiger partial charge in [-0.25, -0.2) is 0 Å². The number of hydrogen-bond donors (Lipinski definition) is 1. The summed E-state index contributed by atoms with van der Waals surface area (Å²) in [5.41, 5.74) is 25.7. The first-order valence-corrected chi connectivity index (χ1v) is 24.5. The Labute approximate surface area is 399 Å². The summed E-state index contributed by atoms with van der Waals surface area (Å²) in [5.74, 6) is 0. The monoisotopic (exact) mass is 872 g/mol. The van der Waals surface area contributed by atoms with Crippen LogP contribution in [0.3, 0.4) is 0 Å². The maximum Gasteiger partial charge on any atom is 0.127 e. The highest BCUT2D eigenvalue weighted by Crippen LogP contribution is 2.52. The molecule has 1 aromatic heterocycles. The highest BCUT2D eigenvalue weighted by Gasteiger charge is 2.39. The number of aromatic amines is 1. The Balaban J connectivity index is 1.24. The van der Waals surface area contributed by atoms with Crippen LogP contribution < -0.4 is 9.80 Å². The molecule has 4 heteroatoms. The zero-order valence-electron chi connectivity index (χ0n) is 40.8. The van der Waals surface area contributed by atoms with E-state index in [1.54, 1.807) is 0 Å². The Kier molecular flexibility index (Phi) is 10.2. The van der Waals surface area contributed by atoms with E-state index in [0.717, 1.165) is 29.9 Å². The number of allylic oxidation sites excluding steroid dienone is 3. The topological polar surface area (TPSA) is 22.3 Å². The second-order valence-corrected chi connectivity index (χ2v) is 21.2. The molecule has 0 amide bonds. The molecule has 0 unspecified atom stereocenters. The molecule has 3 nitrogen and oxygen atoms in total. The molecule has 0 bridgehead atoms. The van der Waals surface area contributed by atoms with Gasteiger partial charge in [-0.05, 0) is 137 Å². The van der Waals surface area contributed by atoms with Gasteiger partial charge in [0, 0.05) is 56.7 Å². The van der Waals surface area contributed by atoms with Crippen LogP contribution in [0, 0.1) is 6.92 Å². The molecule has 3 aliphatic rings. The van der Waals surface area contributed by atoms with E-state index in [0.29, 0.717) is 0 Å². The molecule has 0 fully saturated rings. The Morgan fingerprint density at radius 2 is 1.18 bits per heavy atom. The quantitative estimate of drug-likeness (QED) is 0.146. The molecular weight excluding hydrogens is 810 g/mol. The lowest BCUT2D eigenvalue weighted by Gasteiger charge is -2.43. The van der Waals surface area contributed by atoms with Gasteiger partial charge in [-0.1, -0.05) is 168 Å². The zero-order valence-corrected chi connectivity index (χ0v) is 40.8. The van der Waals surface area contributed by atoms with Gasteiger partial charge in [0.2, 0.25) is 0 Å². The van der Waals surface area contributed by atoms with E-state index >= 15 is 0 Å². The van der Waals surface area contributed by atoms with Crippen LogP contribution in [-0.2, 0) is 22.7 Å². The van der Waals surface area contributed by atoms with Gasteiger partial charge in [0.25, 0.3) is 0 Å². The van der Waals surface area contributed by atoms with Gasteiger partial charge in [0.05, 0.1) is 16.9 Å². The van der Waals surface area contributed by atoms with Crippen molar-refractivity contribution in [3.63, 3.8) is 0 Å². The molecular formula is C63H62BN3. The molecule has 3 aliphatic carbocycles. The predicted octanol–water partition coefficient (Wildman–Crippen LogP) is 16.0. The third kappa shape index (κ3) is 6.94. The molecule has 11 rings (SSSR count). The van der Waals surface area contributed by atoms with E-state index in [-0.39, 0.29) is 16.2 Å². The van der Waals surface area contributed by atoms with E-state index in [1.807, 2.05) is 0 Å². The minimum atomic E-state index is -0.0688. The highest BCUT2D eigenvalue weighted by atomic mass is 15.2. The van der Waals surface area contributed by atoms with E-state index in [2.05, 4.69) is 242 Å². The van der Waals surface area contributed by atoms with Gasteiger partial charge in [-0.2, -0.15) is 0 Å². The van der Waals surface area contributed by atoms with Crippen LogP contribution in [0.4, 0.5) is 28.4 Å². The molecule has 8 aromatic rings. The van der Waals surface area contributed by atoms with Crippen molar-refractivity contribution in [3.05, 3.63) is 208 Å². The molecule has 0 spiro atoms. The molecule has 67 heavy (non-hydrogen) atoms. The lowest BCUT2D eigenvalue weighted by Crippen LogP contribution is -2.34. The first-order chi connectivity index (χ1) is 32.3. The van der Waals surface area contributed by atoms with Crippen LogP contribution in [-0.4, -0.2) is 19.3 Å². The third-order valence-electron chi connectivity index (χ3n) is 16.0. The number of para-hydroxylation sites is 3. The van der Waals surface area contributed by atoms with E-state index in [4.69, 9.17) is 0 Å². The zero-order chi connectivity index (χ0) is 46.4. The maximum atomic E-state index is 4.06. The summed E-state index contributed by atoms with van der Waals surface area (Å²) in [6, 6.07) is 56.6. The Morgan fingerprint density at radius 1 is 0.567 bits per heavy atom. The standard InChI is InChI=1S/C63H62BN3/c1-40-34-55-56(62(5,6)33-32-61(55,3)4)38-57(40)66(39-64)58-37-45(67(43-21-11-9-12-22-43)44-23-13-10-14-24-44)36-52(49(58)31-30-46-41(2)63(7,8)54-29-18-17-26-48(46)54)50-27-19-28-51-53-35-42-20-15-16-25-47(42)59(53)65-60(50)51/h9-31,34,36-38,65H,32-33,35,39,64H2,1-8H3/b31-30-. The first-order valence-electron chi connectivity index (χ1n) is 24.5. The molecule has 332 valence electrons. The number of aromatic nitrogens is 1. The Morgan fingerprint density at radius 3 is 1.87 bits per heavy atom. The van der Waals surface area contributed by atoms with E-state index in [9.17, 15) is 0 Å². The van der Waals surface area contributed by atoms with Gasteiger partial charge >= 0.3 is 0 Å². The molecule has 0 saturated carbocycles. The fourth-order valence-electron chi connectivity index (χ4n) is 11.9. The Hall–Kier alpha value is -6.78. The summed E-state index contributed by atoms with van der Waals surface area (Å²) in [6.45, 7) is 19.2. The van der Waals surface area contributed by atoms with Crippen LogP contribution in [0.25, 0.3) is 44.9 Å². The molecule has 0 radical (unpaired) electrons. The predicted molar refractivity (Wildman–Crippen MR) is 290 cm³/mol. The Bertz CT molecular complexity index is 3270. The number of hydrogen-bond acceptors (Lipinski definition) is 2. The maximum absolute atomic E-state index is 4.06. The number of rotatable bonds is 9. The smallest absolute Gasteiger partial charge is 0.127 e. The fourth-order valence-corrected chi connectivity index (χ4v) is 11.9. The summed E-state index contributed by atoms with van der Waals surface area (Å²) >= 11 is 0. The van der Waals surface area contributed by atoms with E-state index < -0.39 is 0 Å². The number of nitrogens with zero attached hydrogens (tertiary/aromatic N) is 2. The van der Waals surface area contributed by atoms with Crippen LogP contribution in [0.1, 0.15) is 106 Å². The van der Waals surface area contributed by atoms with Crippen molar-refractivity contribution in [2.45, 2.75) is 90.9 Å². The summed E-state index contributed by atoms with van der Waals surface area (Å²) in [4.78, 5) is 9.12. The van der Waals surface area contributed by atoms with Crippen molar-refractivity contribution in [1.82, 2.24) is 4.98 Å². The number of H-pyrrole nitrogens is 1.